The standard InChI is InChI=1S/C20H22N2O4/c1-3-14(2)22(13-18(23)24)20(26)16-9-11-17(12-10-16)21-19(25)15-7-5-4-6-8-15/h4-12,14H,3,13H2,1-2H3,(H,21,25)(H,23,24). The highest BCUT2D eigenvalue weighted by atomic mass is 16.4. The van der Waals surface area contributed by atoms with Gasteiger partial charge >= 0.3 is 5.97 Å². The smallest absolute Gasteiger partial charge is 0.323 e. The number of nitrogens with one attached hydrogen (secondary N) is 1. The summed E-state index contributed by atoms with van der Waals surface area (Å²) in [5.74, 6) is -1.63. The highest BCUT2D eigenvalue weighted by molar-refractivity contribution is 6.04. The summed E-state index contributed by atoms with van der Waals surface area (Å²) < 4.78 is 0. The Morgan fingerprint density at radius 3 is 2.15 bits per heavy atom. The zero-order chi connectivity index (χ0) is 19.1. The molecule has 0 spiro atoms. The van der Waals surface area contributed by atoms with Crippen LogP contribution in [0.15, 0.2) is 54.6 Å². The van der Waals surface area contributed by atoms with Crippen LogP contribution in [0.1, 0.15) is 41.0 Å². The average Bonchev–Trinajstić information content (AvgIpc) is 2.66. The lowest BCUT2D eigenvalue weighted by Crippen LogP contribution is -2.41. The molecule has 2 amide bonds. The monoisotopic (exact) mass is 354 g/mol. The number of carboxylic acid groups (broad SMARTS) is 1. The quantitative estimate of drug-likeness (QED) is 0.799. The van der Waals surface area contributed by atoms with Crippen LogP contribution in [0.2, 0.25) is 0 Å². The summed E-state index contributed by atoms with van der Waals surface area (Å²) >= 11 is 0. The molecule has 0 saturated heterocycles. The third kappa shape index (κ3) is 4.92. The Morgan fingerprint density at radius 1 is 1.00 bits per heavy atom. The Morgan fingerprint density at radius 2 is 1.62 bits per heavy atom. The van der Waals surface area contributed by atoms with Gasteiger partial charge in [-0.1, -0.05) is 25.1 Å². The van der Waals surface area contributed by atoms with Crippen molar-refractivity contribution in [3.05, 3.63) is 65.7 Å². The van der Waals surface area contributed by atoms with E-state index in [1.165, 1.54) is 4.90 Å². The second-order valence-corrected chi connectivity index (χ2v) is 5.98. The number of amides is 2. The van der Waals surface area contributed by atoms with Crippen LogP contribution in [0, 0.1) is 0 Å². The minimum Gasteiger partial charge on any atom is -0.480 e. The lowest BCUT2D eigenvalue weighted by atomic mass is 10.1. The molecule has 0 aliphatic carbocycles. The Bertz CT molecular complexity index is 772. The van der Waals surface area contributed by atoms with Crippen molar-refractivity contribution >= 4 is 23.5 Å². The molecule has 1 unspecified atom stereocenters. The van der Waals surface area contributed by atoms with Gasteiger partial charge in [0, 0.05) is 22.9 Å². The van der Waals surface area contributed by atoms with Gasteiger partial charge in [-0.3, -0.25) is 14.4 Å². The molecule has 2 rings (SSSR count). The van der Waals surface area contributed by atoms with Gasteiger partial charge in [0.15, 0.2) is 0 Å². The molecule has 0 bridgehead atoms. The molecule has 2 aromatic rings. The Labute approximate surface area is 152 Å². The second kappa shape index (κ2) is 8.80. The minimum atomic E-state index is -1.05. The number of hydrogen-bond acceptors (Lipinski definition) is 3. The van der Waals surface area contributed by atoms with E-state index in [0.717, 1.165) is 0 Å². The van der Waals surface area contributed by atoms with E-state index in [4.69, 9.17) is 5.11 Å². The number of anilines is 1. The molecule has 136 valence electrons. The maximum Gasteiger partial charge on any atom is 0.323 e. The van der Waals surface area contributed by atoms with Crippen LogP contribution in [0.4, 0.5) is 5.69 Å². The van der Waals surface area contributed by atoms with Crippen LogP contribution >= 0.6 is 0 Å². The van der Waals surface area contributed by atoms with E-state index in [1.54, 1.807) is 48.5 Å². The Hall–Kier alpha value is -3.15. The van der Waals surface area contributed by atoms with Gasteiger partial charge in [-0.05, 0) is 49.7 Å². The number of rotatable bonds is 7. The molecule has 0 heterocycles. The fourth-order valence-corrected chi connectivity index (χ4v) is 2.45. The van der Waals surface area contributed by atoms with Gasteiger partial charge in [0.2, 0.25) is 0 Å². The molecule has 0 saturated carbocycles. The first-order chi connectivity index (χ1) is 12.4. The average molecular weight is 354 g/mol. The number of aliphatic carboxylic acids is 1. The van der Waals surface area contributed by atoms with Gasteiger partial charge < -0.3 is 15.3 Å². The van der Waals surface area contributed by atoms with E-state index in [2.05, 4.69) is 5.32 Å². The van der Waals surface area contributed by atoms with E-state index in [9.17, 15) is 14.4 Å². The number of carboxylic acids is 1. The topological polar surface area (TPSA) is 86.7 Å². The highest BCUT2D eigenvalue weighted by Crippen LogP contribution is 2.15. The molecule has 0 radical (unpaired) electrons. The van der Waals surface area contributed by atoms with Crippen molar-refractivity contribution in [3.8, 4) is 0 Å². The molecule has 2 N–H and O–H groups in total. The number of nitrogens with zero attached hydrogens (tertiary/aromatic N) is 1. The zero-order valence-corrected chi connectivity index (χ0v) is 14.8. The minimum absolute atomic E-state index is 0.184. The van der Waals surface area contributed by atoms with Crippen molar-refractivity contribution in [2.24, 2.45) is 0 Å². The van der Waals surface area contributed by atoms with Crippen LogP contribution in [0.5, 0.6) is 0 Å². The van der Waals surface area contributed by atoms with Crippen molar-refractivity contribution in [1.29, 1.82) is 0 Å². The van der Waals surface area contributed by atoms with E-state index < -0.39 is 5.97 Å². The zero-order valence-electron chi connectivity index (χ0n) is 14.8. The fraction of sp³-hybridized carbons (Fsp3) is 0.250. The molecular weight excluding hydrogens is 332 g/mol. The summed E-state index contributed by atoms with van der Waals surface area (Å²) in [7, 11) is 0. The van der Waals surface area contributed by atoms with E-state index in [-0.39, 0.29) is 24.4 Å². The van der Waals surface area contributed by atoms with E-state index in [1.807, 2.05) is 19.9 Å². The van der Waals surface area contributed by atoms with Gasteiger partial charge in [-0.2, -0.15) is 0 Å². The molecule has 6 heteroatoms. The van der Waals surface area contributed by atoms with Crippen molar-refractivity contribution < 1.29 is 19.5 Å². The summed E-state index contributed by atoms with van der Waals surface area (Å²) in [6.07, 6.45) is 0.657. The van der Waals surface area contributed by atoms with Crippen LogP contribution in [0.25, 0.3) is 0 Å². The third-order valence-corrected chi connectivity index (χ3v) is 4.12. The largest absolute Gasteiger partial charge is 0.480 e. The second-order valence-electron chi connectivity index (χ2n) is 5.98. The maximum absolute atomic E-state index is 12.6. The number of hydrogen-bond donors (Lipinski definition) is 2. The first-order valence-corrected chi connectivity index (χ1v) is 8.41. The van der Waals surface area contributed by atoms with Crippen LogP contribution in [-0.2, 0) is 4.79 Å². The summed E-state index contributed by atoms with van der Waals surface area (Å²) in [6, 6.07) is 15.1. The van der Waals surface area contributed by atoms with Gasteiger partial charge in [-0.25, -0.2) is 0 Å². The molecule has 2 aromatic carbocycles. The lowest BCUT2D eigenvalue weighted by molar-refractivity contribution is -0.138. The van der Waals surface area contributed by atoms with Gasteiger partial charge in [-0.15, -0.1) is 0 Å². The molecule has 26 heavy (non-hydrogen) atoms. The maximum atomic E-state index is 12.6. The number of carbonyl (C=O) groups is 3. The first kappa shape index (κ1) is 19.2. The molecule has 6 nitrogen and oxygen atoms in total. The fourth-order valence-electron chi connectivity index (χ4n) is 2.45. The normalized spacial score (nSPS) is 11.5. The molecule has 1 atom stereocenters. The molecule has 0 aliphatic rings. The van der Waals surface area contributed by atoms with E-state index >= 15 is 0 Å². The van der Waals surface area contributed by atoms with Crippen molar-refractivity contribution in [2.45, 2.75) is 26.3 Å². The molecule has 0 aromatic heterocycles. The van der Waals surface area contributed by atoms with Gasteiger partial charge in [0.1, 0.15) is 6.54 Å². The van der Waals surface area contributed by atoms with Crippen molar-refractivity contribution in [3.63, 3.8) is 0 Å². The van der Waals surface area contributed by atoms with Gasteiger partial charge in [0.05, 0.1) is 0 Å². The Balaban J connectivity index is 2.11. The summed E-state index contributed by atoms with van der Waals surface area (Å²) in [6.45, 7) is 3.37. The Kier molecular flexibility index (Phi) is 6.49. The third-order valence-electron chi connectivity index (χ3n) is 4.12. The summed E-state index contributed by atoms with van der Waals surface area (Å²) in [5.41, 5.74) is 1.48. The van der Waals surface area contributed by atoms with E-state index in [0.29, 0.717) is 23.2 Å². The lowest BCUT2D eigenvalue weighted by Gasteiger charge is -2.27. The highest BCUT2D eigenvalue weighted by Gasteiger charge is 2.22. The van der Waals surface area contributed by atoms with Gasteiger partial charge in [0.25, 0.3) is 11.8 Å². The first-order valence-electron chi connectivity index (χ1n) is 8.41. The van der Waals surface area contributed by atoms with Crippen LogP contribution in [0.3, 0.4) is 0 Å². The van der Waals surface area contributed by atoms with Crippen LogP contribution < -0.4 is 5.32 Å². The predicted molar refractivity (Wildman–Crippen MR) is 99.3 cm³/mol. The van der Waals surface area contributed by atoms with Crippen molar-refractivity contribution in [1.82, 2.24) is 4.90 Å². The molecule has 0 aliphatic heterocycles. The number of carbonyl (C=O) groups excluding carboxylic acids is 2. The molecular formula is C20H22N2O4. The molecule has 0 fully saturated rings. The van der Waals surface area contributed by atoms with Crippen molar-refractivity contribution in [2.75, 3.05) is 11.9 Å². The number of benzene rings is 2. The summed E-state index contributed by atoms with van der Waals surface area (Å²) in [4.78, 5) is 37.1. The van der Waals surface area contributed by atoms with Crippen LogP contribution in [-0.4, -0.2) is 40.4 Å². The summed E-state index contributed by atoms with van der Waals surface area (Å²) in [5, 5.41) is 11.8. The predicted octanol–water partition coefficient (Wildman–Crippen LogP) is 3.26. The SMILES string of the molecule is CCC(C)N(CC(=O)O)C(=O)c1ccc(NC(=O)c2ccccc2)cc1.